The molecule has 106 valence electrons. The Morgan fingerprint density at radius 3 is 2.84 bits per heavy atom. The Kier molecular flexibility index (Phi) is 3.97. The summed E-state index contributed by atoms with van der Waals surface area (Å²) < 4.78 is 6.09. The molecule has 1 aromatic heterocycles. The average Bonchev–Trinajstić information content (AvgIpc) is 2.96. The number of hydrogen-bond acceptors (Lipinski definition) is 3. The standard InChI is InChI=1S/C16H25NOS/c1-12-9-15(19-13(12)2)11-17-14-5-8-18-16(10-14)6-3-4-7-16/h9,14,17H,3-8,10-11H2,1-2H3. The van der Waals surface area contributed by atoms with E-state index in [4.69, 9.17) is 4.74 Å². The van der Waals surface area contributed by atoms with Gasteiger partial charge in [-0.2, -0.15) is 0 Å². The molecule has 2 heterocycles. The summed E-state index contributed by atoms with van der Waals surface area (Å²) in [4.78, 5) is 2.93. The molecule has 2 aliphatic rings. The molecule has 1 aliphatic heterocycles. The summed E-state index contributed by atoms with van der Waals surface area (Å²) in [5, 5.41) is 3.76. The van der Waals surface area contributed by atoms with Crippen molar-refractivity contribution in [1.29, 1.82) is 0 Å². The molecule has 1 spiro atoms. The summed E-state index contributed by atoms with van der Waals surface area (Å²) >= 11 is 1.93. The Hall–Kier alpha value is -0.380. The number of aryl methyl sites for hydroxylation is 2. The fraction of sp³-hybridized carbons (Fsp3) is 0.750. The topological polar surface area (TPSA) is 21.3 Å². The lowest BCUT2D eigenvalue weighted by atomic mass is 9.89. The zero-order valence-electron chi connectivity index (χ0n) is 12.1. The summed E-state index contributed by atoms with van der Waals surface area (Å²) in [6.45, 7) is 6.39. The van der Waals surface area contributed by atoms with Crippen LogP contribution in [0.3, 0.4) is 0 Å². The molecule has 3 rings (SSSR count). The number of nitrogens with one attached hydrogen (secondary N) is 1. The van der Waals surface area contributed by atoms with Crippen LogP contribution < -0.4 is 5.32 Å². The maximum Gasteiger partial charge on any atom is 0.0697 e. The van der Waals surface area contributed by atoms with Gasteiger partial charge < -0.3 is 10.1 Å². The predicted molar refractivity (Wildman–Crippen MR) is 80.8 cm³/mol. The normalized spacial score (nSPS) is 26.1. The van der Waals surface area contributed by atoms with Crippen molar-refractivity contribution in [2.45, 2.75) is 70.6 Å². The highest BCUT2D eigenvalue weighted by molar-refractivity contribution is 7.12. The molecule has 0 aromatic carbocycles. The van der Waals surface area contributed by atoms with Gasteiger partial charge in [0.25, 0.3) is 0 Å². The molecule has 1 N–H and O–H groups in total. The molecular weight excluding hydrogens is 254 g/mol. The highest BCUT2D eigenvalue weighted by Crippen LogP contribution is 2.40. The first-order chi connectivity index (χ1) is 9.17. The lowest BCUT2D eigenvalue weighted by molar-refractivity contribution is -0.0837. The lowest BCUT2D eigenvalue weighted by Crippen LogP contribution is -2.45. The average molecular weight is 279 g/mol. The van der Waals surface area contributed by atoms with Crippen LogP contribution in [0, 0.1) is 13.8 Å². The van der Waals surface area contributed by atoms with Crippen LogP contribution in [-0.2, 0) is 11.3 Å². The smallest absolute Gasteiger partial charge is 0.0697 e. The molecule has 0 radical (unpaired) electrons. The third kappa shape index (κ3) is 3.04. The van der Waals surface area contributed by atoms with Gasteiger partial charge in [0.1, 0.15) is 0 Å². The number of thiophene rings is 1. The van der Waals surface area contributed by atoms with Crippen LogP contribution in [0.15, 0.2) is 6.07 Å². The molecule has 1 unspecified atom stereocenters. The monoisotopic (exact) mass is 279 g/mol. The maximum atomic E-state index is 6.09. The Balaban J connectivity index is 1.55. The second-order valence-corrected chi connectivity index (χ2v) is 7.60. The molecule has 3 heteroatoms. The highest BCUT2D eigenvalue weighted by Gasteiger charge is 2.39. The van der Waals surface area contributed by atoms with Gasteiger partial charge in [0.15, 0.2) is 0 Å². The van der Waals surface area contributed by atoms with Crippen molar-refractivity contribution < 1.29 is 4.74 Å². The van der Waals surface area contributed by atoms with Gasteiger partial charge in [-0.3, -0.25) is 0 Å². The molecular formula is C16H25NOS. The van der Waals surface area contributed by atoms with Gasteiger partial charge in [0.2, 0.25) is 0 Å². The molecule has 2 fully saturated rings. The van der Waals surface area contributed by atoms with Crippen LogP contribution in [0.5, 0.6) is 0 Å². The molecule has 1 saturated heterocycles. The largest absolute Gasteiger partial charge is 0.375 e. The van der Waals surface area contributed by atoms with Crippen molar-refractivity contribution in [3.05, 3.63) is 21.4 Å². The van der Waals surface area contributed by atoms with E-state index in [1.54, 1.807) is 0 Å². The summed E-state index contributed by atoms with van der Waals surface area (Å²) in [6, 6.07) is 2.98. The molecule has 1 saturated carbocycles. The molecule has 0 amide bonds. The zero-order chi connectivity index (χ0) is 13.3. The Morgan fingerprint density at radius 1 is 1.37 bits per heavy atom. The zero-order valence-corrected chi connectivity index (χ0v) is 12.9. The van der Waals surface area contributed by atoms with Crippen molar-refractivity contribution in [2.75, 3.05) is 6.61 Å². The van der Waals surface area contributed by atoms with E-state index < -0.39 is 0 Å². The van der Waals surface area contributed by atoms with Crippen molar-refractivity contribution in [2.24, 2.45) is 0 Å². The minimum Gasteiger partial charge on any atom is -0.375 e. The van der Waals surface area contributed by atoms with E-state index in [-0.39, 0.29) is 5.60 Å². The van der Waals surface area contributed by atoms with E-state index in [0.717, 1.165) is 13.2 Å². The van der Waals surface area contributed by atoms with E-state index in [0.29, 0.717) is 6.04 Å². The SMILES string of the molecule is Cc1cc(CNC2CCOC3(CCCC3)C2)sc1C. The first-order valence-corrected chi connectivity index (χ1v) is 8.42. The van der Waals surface area contributed by atoms with E-state index in [9.17, 15) is 0 Å². The van der Waals surface area contributed by atoms with Gasteiger partial charge in [-0.1, -0.05) is 12.8 Å². The van der Waals surface area contributed by atoms with E-state index in [2.05, 4.69) is 25.2 Å². The minimum atomic E-state index is 0.233. The maximum absolute atomic E-state index is 6.09. The predicted octanol–water partition coefficient (Wildman–Crippen LogP) is 3.95. The number of rotatable bonds is 3. The van der Waals surface area contributed by atoms with Crippen molar-refractivity contribution in [3.63, 3.8) is 0 Å². The third-order valence-electron chi connectivity index (χ3n) is 4.79. The Bertz CT molecular complexity index is 414. The minimum absolute atomic E-state index is 0.233. The van der Waals surface area contributed by atoms with Gasteiger partial charge in [-0.15, -0.1) is 11.3 Å². The first-order valence-electron chi connectivity index (χ1n) is 7.60. The van der Waals surface area contributed by atoms with Gasteiger partial charge in [-0.05, 0) is 51.2 Å². The highest BCUT2D eigenvalue weighted by atomic mass is 32.1. The number of hydrogen-bond donors (Lipinski definition) is 1. The van der Waals surface area contributed by atoms with Gasteiger partial charge >= 0.3 is 0 Å². The Morgan fingerprint density at radius 2 is 2.16 bits per heavy atom. The Labute approximate surface area is 120 Å². The number of ether oxygens (including phenoxy) is 1. The second kappa shape index (κ2) is 5.55. The van der Waals surface area contributed by atoms with Crippen LogP contribution in [-0.4, -0.2) is 18.2 Å². The molecule has 1 atom stereocenters. The molecule has 1 aromatic rings. The third-order valence-corrected chi connectivity index (χ3v) is 5.94. The summed E-state index contributed by atoms with van der Waals surface area (Å²) in [5.74, 6) is 0. The van der Waals surface area contributed by atoms with Crippen LogP contribution in [0.4, 0.5) is 0 Å². The fourth-order valence-corrected chi connectivity index (χ4v) is 4.56. The van der Waals surface area contributed by atoms with Crippen molar-refractivity contribution in [1.82, 2.24) is 5.32 Å². The van der Waals surface area contributed by atoms with Crippen LogP contribution in [0.1, 0.15) is 53.8 Å². The lowest BCUT2D eigenvalue weighted by Gasteiger charge is -2.38. The van der Waals surface area contributed by atoms with E-state index in [1.807, 2.05) is 11.3 Å². The first kappa shape index (κ1) is 13.6. The summed E-state index contributed by atoms with van der Waals surface area (Å²) in [7, 11) is 0. The van der Waals surface area contributed by atoms with Crippen LogP contribution >= 0.6 is 11.3 Å². The molecule has 2 nitrogen and oxygen atoms in total. The quantitative estimate of drug-likeness (QED) is 0.904. The fourth-order valence-electron chi connectivity index (χ4n) is 3.55. The van der Waals surface area contributed by atoms with Crippen LogP contribution in [0.2, 0.25) is 0 Å². The molecule has 0 bridgehead atoms. The van der Waals surface area contributed by atoms with Gasteiger partial charge in [0, 0.05) is 28.9 Å². The molecule has 1 aliphatic carbocycles. The van der Waals surface area contributed by atoms with Gasteiger partial charge in [-0.25, -0.2) is 0 Å². The molecule has 19 heavy (non-hydrogen) atoms. The summed E-state index contributed by atoms with van der Waals surface area (Å²) in [6.07, 6.45) is 7.66. The van der Waals surface area contributed by atoms with Crippen molar-refractivity contribution in [3.8, 4) is 0 Å². The van der Waals surface area contributed by atoms with Gasteiger partial charge in [0.05, 0.1) is 5.60 Å². The van der Waals surface area contributed by atoms with E-state index >= 15 is 0 Å². The van der Waals surface area contributed by atoms with E-state index in [1.165, 1.54) is 53.8 Å². The van der Waals surface area contributed by atoms with Crippen LogP contribution in [0.25, 0.3) is 0 Å². The second-order valence-electron chi connectivity index (χ2n) is 6.26. The van der Waals surface area contributed by atoms with Crippen molar-refractivity contribution >= 4 is 11.3 Å². The summed E-state index contributed by atoms with van der Waals surface area (Å²) in [5.41, 5.74) is 1.66.